The van der Waals surface area contributed by atoms with Gasteiger partial charge in [0.1, 0.15) is 21.7 Å². The maximum atomic E-state index is 14.0. The lowest BCUT2D eigenvalue weighted by atomic mass is 10.1. The number of nitrogen functional groups attached to an aromatic ring is 1. The third-order valence-corrected chi connectivity index (χ3v) is 7.29. The van der Waals surface area contributed by atoms with Gasteiger partial charge in [-0.1, -0.05) is 36.0 Å². The van der Waals surface area contributed by atoms with Crippen molar-refractivity contribution < 1.29 is 33.3 Å². The number of aromatic nitrogens is 1. The highest BCUT2D eigenvalue weighted by Crippen LogP contribution is 2.40. The average molecular weight is 551 g/mol. The number of esters is 2. The Morgan fingerprint density at radius 3 is 2.13 bits per heavy atom. The molecule has 0 bridgehead atoms. The maximum Gasteiger partial charge on any atom is 0.357 e. The summed E-state index contributed by atoms with van der Waals surface area (Å²) in [5.41, 5.74) is 7.78. The first-order chi connectivity index (χ1) is 18.7. The molecule has 0 aliphatic carbocycles. The lowest BCUT2D eigenvalue weighted by Crippen LogP contribution is -2.43. The van der Waals surface area contributed by atoms with Crippen LogP contribution in [0, 0.1) is 0 Å². The van der Waals surface area contributed by atoms with Crippen LogP contribution in [0.15, 0.2) is 48.5 Å². The highest BCUT2D eigenvalue weighted by Gasteiger charge is 2.38. The van der Waals surface area contributed by atoms with Crippen LogP contribution in [0.5, 0.6) is 11.5 Å². The van der Waals surface area contributed by atoms with Crippen LogP contribution in [0.1, 0.15) is 52.4 Å². The molecule has 1 aliphatic heterocycles. The van der Waals surface area contributed by atoms with Gasteiger partial charge in [-0.05, 0) is 62.2 Å². The topological polar surface area (TPSA) is 119 Å². The summed E-state index contributed by atoms with van der Waals surface area (Å²) in [4.78, 5) is 40.8. The third-order valence-electron chi connectivity index (χ3n) is 5.99. The van der Waals surface area contributed by atoms with E-state index in [1.54, 1.807) is 89.6 Å². The van der Waals surface area contributed by atoms with Crippen molar-refractivity contribution in [1.29, 1.82) is 0 Å². The van der Waals surface area contributed by atoms with Crippen LogP contribution < -0.4 is 25.8 Å². The second-order valence-electron chi connectivity index (χ2n) is 8.89. The number of carbonyl (C=O) groups excluding carboxylic acids is 3. The number of nitrogens with zero attached hydrogens (tertiary/aromatic N) is 1. The summed E-state index contributed by atoms with van der Waals surface area (Å²) in [6.07, 6.45) is 1.30. The van der Waals surface area contributed by atoms with Crippen LogP contribution in [0.3, 0.4) is 0 Å². The van der Waals surface area contributed by atoms with Crippen LogP contribution >= 0.6 is 11.8 Å². The van der Waals surface area contributed by atoms with Crippen molar-refractivity contribution in [3.8, 4) is 11.5 Å². The number of benzene rings is 2. The van der Waals surface area contributed by atoms with Crippen molar-refractivity contribution in [3.05, 3.63) is 75.9 Å². The van der Waals surface area contributed by atoms with E-state index >= 15 is 0 Å². The van der Waals surface area contributed by atoms with Crippen LogP contribution in [0.2, 0.25) is 0 Å². The fourth-order valence-electron chi connectivity index (χ4n) is 4.21. The molecule has 204 valence electrons. The van der Waals surface area contributed by atoms with E-state index < -0.39 is 29.2 Å². The van der Waals surface area contributed by atoms with Gasteiger partial charge in [0, 0.05) is 5.22 Å². The molecule has 10 heteroatoms. The summed E-state index contributed by atoms with van der Waals surface area (Å²) in [5.74, 6) is -0.558. The SMILES string of the molecule is CCOC(=O)c1c(N)/c(=C\c2ccc(OC)cc2)c2n1C(=O)[C@H](c1ccc(OC)cc1)SC=2C(=O)OC(C)C. The fraction of sp³-hybridized carbons (Fsp3) is 0.276. The van der Waals surface area contributed by atoms with Gasteiger partial charge in [-0.3, -0.25) is 9.36 Å². The van der Waals surface area contributed by atoms with E-state index in [1.807, 2.05) is 0 Å². The Balaban J connectivity index is 2.05. The molecule has 0 unspecified atom stereocenters. The minimum atomic E-state index is -0.855. The number of anilines is 1. The van der Waals surface area contributed by atoms with Gasteiger partial charge in [-0.2, -0.15) is 0 Å². The molecule has 9 nitrogen and oxygen atoms in total. The molecule has 0 spiro atoms. The van der Waals surface area contributed by atoms with Crippen LogP contribution in [0.4, 0.5) is 5.69 Å². The van der Waals surface area contributed by atoms with Crippen molar-refractivity contribution in [2.24, 2.45) is 0 Å². The summed E-state index contributed by atoms with van der Waals surface area (Å²) in [6.45, 7) is 5.21. The molecule has 0 amide bonds. The Bertz CT molecular complexity index is 1520. The zero-order valence-corrected chi connectivity index (χ0v) is 23.2. The Morgan fingerprint density at radius 1 is 1.00 bits per heavy atom. The zero-order valence-electron chi connectivity index (χ0n) is 22.3. The van der Waals surface area contributed by atoms with Gasteiger partial charge in [0.15, 0.2) is 5.69 Å². The van der Waals surface area contributed by atoms with E-state index in [-0.39, 0.29) is 28.2 Å². The molecule has 0 radical (unpaired) electrons. The van der Waals surface area contributed by atoms with Gasteiger partial charge >= 0.3 is 11.9 Å². The summed E-state index contributed by atoms with van der Waals surface area (Å²) in [7, 11) is 3.11. The summed E-state index contributed by atoms with van der Waals surface area (Å²) in [6, 6.07) is 14.1. The maximum absolute atomic E-state index is 14.0. The first-order valence-corrected chi connectivity index (χ1v) is 13.2. The Hall–Kier alpha value is -4.18. The monoisotopic (exact) mass is 550 g/mol. The highest BCUT2D eigenvalue weighted by atomic mass is 32.2. The first kappa shape index (κ1) is 27.8. The van der Waals surface area contributed by atoms with Crippen molar-refractivity contribution in [2.45, 2.75) is 32.1 Å². The number of nitrogens with two attached hydrogens (primary N) is 1. The number of carbonyl (C=O) groups is 3. The second-order valence-corrected chi connectivity index (χ2v) is 10.0. The van der Waals surface area contributed by atoms with E-state index in [9.17, 15) is 14.4 Å². The molecular formula is C29H30N2O7S. The van der Waals surface area contributed by atoms with Crippen molar-refractivity contribution in [1.82, 2.24) is 4.57 Å². The van der Waals surface area contributed by atoms with Gasteiger partial charge in [-0.15, -0.1) is 0 Å². The highest BCUT2D eigenvalue weighted by molar-refractivity contribution is 8.10. The molecule has 0 fully saturated rings. The molecule has 4 rings (SSSR count). The van der Waals surface area contributed by atoms with Crippen LogP contribution in [-0.4, -0.2) is 49.3 Å². The predicted molar refractivity (Wildman–Crippen MR) is 149 cm³/mol. The summed E-state index contributed by atoms with van der Waals surface area (Å²) < 4.78 is 22.5. The standard InChI is InChI=1S/C29H30N2O7S/c1-6-37-28(33)24-22(30)21(15-17-7-11-19(35-4)12-8-17)23-26(29(34)38-16(2)3)39-25(27(32)31(23)24)18-9-13-20(36-5)14-10-18/h7-16,25H,6,30H2,1-5H3/b21-15+/t25-/m0/s1. The van der Waals surface area contributed by atoms with Gasteiger partial charge < -0.3 is 24.7 Å². The quantitative estimate of drug-likeness (QED) is 0.422. The Kier molecular flexibility index (Phi) is 8.35. The molecule has 2 N–H and O–H groups in total. The molecule has 0 saturated heterocycles. The van der Waals surface area contributed by atoms with E-state index in [0.29, 0.717) is 22.3 Å². The molecule has 39 heavy (non-hydrogen) atoms. The fourth-order valence-corrected chi connectivity index (χ4v) is 5.40. The minimum absolute atomic E-state index is 0.0263. The number of thioether (sulfide) groups is 1. The van der Waals surface area contributed by atoms with Gasteiger partial charge in [0.25, 0.3) is 0 Å². The number of methoxy groups -OCH3 is 2. The van der Waals surface area contributed by atoms with E-state index in [0.717, 1.165) is 17.3 Å². The molecule has 2 aromatic carbocycles. The van der Waals surface area contributed by atoms with E-state index in [1.165, 1.54) is 4.57 Å². The number of rotatable bonds is 8. The van der Waals surface area contributed by atoms with Crippen LogP contribution in [0.25, 0.3) is 11.0 Å². The van der Waals surface area contributed by atoms with E-state index in [4.69, 9.17) is 24.7 Å². The molecule has 1 atom stereocenters. The first-order valence-electron chi connectivity index (χ1n) is 12.3. The Labute approximate surface area is 230 Å². The molecule has 1 aromatic heterocycles. The molecule has 2 heterocycles. The summed E-state index contributed by atoms with van der Waals surface area (Å²) >= 11 is 1.06. The summed E-state index contributed by atoms with van der Waals surface area (Å²) in [5, 5.41) is -0.323. The van der Waals surface area contributed by atoms with Gasteiger partial charge in [-0.25, -0.2) is 9.59 Å². The molecular weight excluding hydrogens is 520 g/mol. The smallest absolute Gasteiger partial charge is 0.357 e. The Morgan fingerprint density at radius 2 is 1.59 bits per heavy atom. The van der Waals surface area contributed by atoms with Crippen molar-refractivity contribution >= 4 is 46.3 Å². The minimum Gasteiger partial charge on any atom is -0.497 e. The van der Waals surface area contributed by atoms with Crippen LogP contribution in [-0.2, 0) is 14.3 Å². The normalized spacial score (nSPS) is 15.2. The molecule has 3 aromatic rings. The van der Waals surface area contributed by atoms with Gasteiger partial charge in [0.05, 0.1) is 38.0 Å². The van der Waals surface area contributed by atoms with Gasteiger partial charge in [0.2, 0.25) is 5.91 Å². The molecule has 1 aliphatic rings. The predicted octanol–water partition coefficient (Wildman–Crippen LogP) is 3.28. The lowest BCUT2D eigenvalue weighted by molar-refractivity contribution is -0.139. The second kappa shape index (κ2) is 11.7. The van der Waals surface area contributed by atoms with E-state index in [2.05, 4.69) is 0 Å². The van der Waals surface area contributed by atoms with Crippen molar-refractivity contribution in [3.63, 3.8) is 0 Å². The largest absolute Gasteiger partial charge is 0.497 e. The number of hydrogen-bond acceptors (Lipinski definition) is 9. The molecule has 0 saturated carbocycles. The third kappa shape index (κ3) is 5.51. The number of hydrogen-bond donors (Lipinski definition) is 1. The van der Waals surface area contributed by atoms with Crippen molar-refractivity contribution in [2.75, 3.05) is 26.6 Å². The lowest BCUT2D eigenvalue weighted by Gasteiger charge is -2.24. The number of fused-ring (bicyclic) bond motifs is 1. The zero-order chi connectivity index (χ0) is 28.3. The number of ether oxygens (including phenoxy) is 4. The average Bonchev–Trinajstić information content (AvgIpc) is 3.21.